The van der Waals surface area contributed by atoms with Gasteiger partial charge in [-0.05, 0) is 20.8 Å². The fourth-order valence-corrected chi connectivity index (χ4v) is 2.51. The van der Waals surface area contributed by atoms with E-state index in [9.17, 15) is 0 Å². The topological polar surface area (TPSA) is 50.3 Å². The molecule has 0 aliphatic carbocycles. The maximum absolute atomic E-state index is 5.38. The van der Waals surface area contributed by atoms with E-state index in [0.29, 0.717) is 0 Å². The van der Waals surface area contributed by atoms with Gasteiger partial charge in [-0.2, -0.15) is 4.37 Å². The number of rotatable bonds is 4. The Kier molecular flexibility index (Phi) is 3.96. The molecule has 0 spiro atoms. The zero-order valence-electron chi connectivity index (χ0n) is 10.7. The van der Waals surface area contributed by atoms with E-state index in [1.165, 1.54) is 11.5 Å². The molecule has 6 heteroatoms. The van der Waals surface area contributed by atoms with Gasteiger partial charge in [0.15, 0.2) is 0 Å². The molecule has 0 saturated carbocycles. The van der Waals surface area contributed by atoms with Crippen molar-refractivity contribution in [1.82, 2.24) is 14.3 Å². The zero-order chi connectivity index (χ0) is 12.3. The summed E-state index contributed by atoms with van der Waals surface area (Å²) in [4.78, 5) is 6.77. The van der Waals surface area contributed by atoms with Gasteiger partial charge in [0.05, 0.1) is 13.2 Å². The van der Waals surface area contributed by atoms with Gasteiger partial charge in [-0.3, -0.25) is 4.90 Å². The Morgan fingerprint density at radius 1 is 1.41 bits per heavy atom. The quantitative estimate of drug-likeness (QED) is 0.881. The maximum atomic E-state index is 5.38. The first-order valence-corrected chi connectivity index (χ1v) is 6.72. The minimum absolute atomic E-state index is 0.114. The van der Waals surface area contributed by atoms with Gasteiger partial charge >= 0.3 is 0 Å². The third kappa shape index (κ3) is 3.37. The molecule has 2 rings (SSSR count). The Morgan fingerprint density at radius 2 is 2.12 bits per heavy atom. The molecule has 1 aromatic rings. The summed E-state index contributed by atoms with van der Waals surface area (Å²) < 4.78 is 9.54. The molecule has 0 aromatic carbocycles. The van der Waals surface area contributed by atoms with Crippen LogP contribution in [0.3, 0.4) is 0 Å². The summed E-state index contributed by atoms with van der Waals surface area (Å²) in [5.41, 5.74) is 0.114. The number of nitrogens with one attached hydrogen (secondary N) is 1. The van der Waals surface area contributed by atoms with Crippen LogP contribution in [0, 0.1) is 6.92 Å². The normalized spacial score (nSPS) is 18.3. The van der Waals surface area contributed by atoms with Crippen molar-refractivity contribution >= 4 is 16.7 Å². The molecule has 96 valence electrons. The molecule has 1 aliphatic heterocycles. The standard InChI is InChI=1S/C11H20N4OS/c1-9-13-10(17-14-9)12-8-11(2,3)15-4-6-16-7-5-15/h4-8H2,1-3H3,(H,12,13,14). The summed E-state index contributed by atoms with van der Waals surface area (Å²) in [5, 5.41) is 4.27. The average Bonchev–Trinajstić information content (AvgIpc) is 2.74. The summed E-state index contributed by atoms with van der Waals surface area (Å²) in [6.45, 7) is 11.0. The van der Waals surface area contributed by atoms with Crippen molar-refractivity contribution in [1.29, 1.82) is 0 Å². The highest BCUT2D eigenvalue weighted by Gasteiger charge is 2.28. The smallest absolute Gasteiger partial charge is 0.202 e. The van der Waals surface area contributed by atoms with Crippen LogP contribution in [0.25, 0.3) is 0 Å². The molecule has 17 heavy (non-hydrogen) atoms. The van der Waals surface area contributed by atoms with Gasteiger partial charge in [0.2, 0.25) is 5.13 Å². The van der Waals surface area contributed by atoms with Gasteiger partial charge in [-0.1, -0.05) is 0 Å². The van der Waals surface area contributed by atoms with Crippen LogP contribution in [-0.4, -0.2) is 52.6 Å². The Balaban J connectivity index is 1.87. The minimum atomic E-state index is 0.114. The minimum Gasteiger partial charge on any atom is -0.379 e. The van der Waals surface area contributed by atoms with Gasteiger partial charge in [0.25, 0.3) is 0 Å². The van der Waals surface area contributed by atoms with Crippen LogP contribution < -0.4 is 5.32 Å². The molecule has 0 bridgehead atoms. The fourth-order valence-electron chi connectivity index (χ4n) is 1.94. The summed E-state index contributed by atoms with van der Waals surface area (Å²) >= 11 is 1.42. The second kappa shape index (κ2) is 5.29. The van der Waals surface area contributed by atoms with Crippen molar-refractivity contribution in [2.75, 3.05) is 38.2 Å². The summed E-state index contributed by atoms with van der Waals surface area (Å²) in [5.74, 6) is 0.835. The van der Waals surface area contributed by atoms with E-state index in [-0.39, 0.29) is 5.54 Å². The van der Waals surface area contributed by atoms with Crippen LogP contribution in [0.5, 0.6) is 0 Å². The highest BCUT2D eigenvalue weighted by atomic mass is 32.1. The van der Waals surface area contributed by atoms with Gasteiger partial charge in [-0.25, -0.2) is 4.98 Å². The monoisotopic (exact) mass is 256 g/mol. The lowest BCUT2D eigenvalue weighted by Crippen LogP contribution is -2.53. The largest absolute Gasteiger partial charge is 0.379 e. The molecule has 0 radical (unpaired) electrons. The van der Waals surface area contributed by atoms with E-state index in [2.05, 4.69) is 33.4 Å². The summed E-state index contributed by atoms with van der Waals surface area (Å²) in [7, 11) is 0. The second-order valence-corrected chi connectivity index (χ2v) is 5.66. The molecule has 5 nitrogen and oxygen atoms in total. The first-order valence-electron chi connectivity index (χ1n) is 5.95. The van der Waals surface area contributed by atoms with Crippen LogP contribution in [0.1, 0.15) is 19.7 Å². The molecule has 2 heterocycles. The van der Waals surface area contributed by atoms with Crippen molar-refractivity contribution in [2.45, 2.75) is 26.3 Å². The maximum Gasteiger partial charge on any atom is 0.202 e. The first kappa shape index (κ1) is 12.7. The molecule has 1 saturated heterocycles. The Hall–Kier alpha value is -0.720. The van der Waals surface area contributed by atoms with E-state index in [4.69, 9.17) is 4.74 Å². The Labute approximate surface area is 106 Å². The van der Waals surface area contributed by atoms with Crippen LogP contribution >= 0.6 is 11.5 Å². The number of hydrogen-bond donors (Lipinski definition) is 1. The number of ether oxygens (including phenoxy) is 1. The number of morpholine rings is 1. The van der Waals surface area contributed by atoms with Crippen molar-refractivity contribution in [3.63, 3.8) is 0 Å². The van der Waals surface area contributed by atoms with Crippen LogP contribution in [-0.2, 0) is 4.74 Å². The lowest BCUT2D eigenvalue weighted by molar-refractivity contribution is -0.00568. The number of aromatic nitrogens is 2. The predicted octanol–water partition coefficient (Wildman–Crippen LogP) is 1.37. The van der Waals surface area contributed by atoms with Gasteiger partial charge in [0.1, 0.15) is 5.82 Å². The molecule has 0 atom stereocenters. The first-order chi connectivity index (χ1) is 8.08. The highest BCUT2D eigenvalue weighted by molar-refractivity contribution is 7.09. The molecule has 1 N–H and O–H groups in total. The second-order valence-electron chi connectivity index (χ2n) is 4.91. The van der Waals surface area contributed by atoms with Crippen molar-refractivity contribution in [3.05, 3.63) is 5.82 Å². The Morgan fingerprint density at radius 3 is 2.71 bits per heavy atom. The van der Waals surface area contributed by atoms with E-state index in [1.807, 2.05) is 6.92 Å². The van der Waals surface area contributed by atoms with Crippen molar-refractivity contribution in [2.24, 2.45) is 0 Å². The van der Waals surface area contributed by atoms with E-state index >= 15 is 0 Å². The molecule has 0 unspecified atom stereocenters. The number of nitrogens with zero attached hydrogens (tertiary/aromatic N) is 3. The molecule has 1 fully saturated rings. The third-order valence-electron chi connectivity index (χ3n) is 3.07. The number of hydrogen-bond acceptors (Lipinski definition) is 6. The summed E-state index contributed by atoms with van der Waals surface area (Å²) in [6, 6.07) is 0. The SMILES string of the molecule is Cc1nsc(NCC(C)(C)N2CCOCC2)n1. The lowest BCUT2D eigenvalue weighted by Gasteiger charge is -2.40. The van der Waals surface area contributed by atoms with Crippen LogP contribution in [0.15, 0.2) is 0 Å². The van der Waals surface area contributed by atoms with E-state index in [1.54, 1.807) is 0 Å². The lowest BCUT2D eigenvalue weighted by atomic mass is 10.0. The van der Waals surface area contributed by atoms with Gasteiger partial charge in [-0.15, -0.1) is 0 Å². The van der Waals surface area contributed by atoms with E-state index in [0.717, 1.165) is 43.8 Å². The molecular weight excluding hydrogens is 236 g/mol. The number of aryl methyl sites for hydroxylation is 1. The number of anilines is 1. The van der Waals surface area contributed by atoms with Crippen molar-refractivity contribution < 1.29 is 4.74 Å². The zero-order valence-corrected chi connectivity index (χ0v) is 11.5. The molecule has 1 aliphatic rings. The summed E-state index contributed by atoms with van der Waals surface area (Å²) in [6.07, 6.45) is 0. The molecule has 1 aromatic heterocycles. The van der Waals surface area contributed by atoms with Crippen LogP contribution in [0.2, 0.25) is 0 Å². The third-order valence-corrected chi connectivity index (χ3v) is 3.83. The van der Waals surface area contributed by atoms with Crippen LogP contribution in [0.4, 0.5) is 5.13 Å². The van der Waals surface area contributed by atoms with E-state index < -0.39 is 0 Å². The fraction of sp³-hybridized carbons (Fsp3) is 0.818. The molecular formula is C11H20N4OS. The molecule has 0 amide bonds. The van der Waals surface area contributed by atoms with Crippen molar-refractivity contribution in [3.8, 4) is 0 Å². The average molecular weight is 256 g/mol. The highest BCUT2D eigenvalue weighted by Crippen LogP contribution is 2.18. The van der Waals surface area contributed by atoms with Gasteiger partial charge in [0, 0.05) is 36.7 Å². The van der Waals surface area contributed by atoms with Gasteiger partial charge < -0.3 is 10.1 Å². The Bertz CT molecular complexity index is 360. The predicted molar refractivity (Wildman–Crippen MR) is 69.6 cm³/mol.